The lowest BCUT2D eigenvalue weighted by Crippen LogP contribution is -2.12. The molecule has 1 nitrogen and oxygen atoms in total. The number of hydrogen-bond acceptors (Lipinski definition) is 2. The first-order valence-electron chi connectivity index (χ1n) is 12.4. The zero-order chi connectivity index (χ0) is 24.4. The summed E-state index contributed by atoms with van der Waals surface area (Å²) >= 11 is 1.96. The highest BCUT2D eigenvalue weighted by molar-refractivity contribution is 7.20. The van der Waals surface area contributed by atoms with Crippen molar-refractivity contribution in [1.29, 1.82) is 0 Å². The average molecular weight is 466 g/mol. The van der Waals surface area contributed by atoms with E-state index in [0.717, 1.165) is 17.6 Å². The maximum atomic E-state index is 5.37. The van der Waals surface area contributed by atoms with E-state index in [-0.39, 0.29) is 5.41 Å². The van der Waals surface area contributed by atoms with Crippen LogP contribution in [0.15, 0.2) is 48.5 Å². The first kappa shape index (κ1) is 23.1. The van der Waals surface area contributed by atoms with Gasteiger partial charge in [0.15, 0.2) is 0 Å². The van der Waals surface area contributed by atoms with Gasteiger partial charge in [-0.05, 0) is 89.8 Å². The molecule has 0 radical (unpaired) electrons. The number of pyridine rings is 1. The number of benzene rings is 3. The molecule has 2 heterocycles. The Hall–Kier alpha value is -2.71. The molecule has 5 rings (SSSR count). The molecule has 0 atom stereocenters. The van der Waals surface area contributed by atoms with E-state index in [1.807, 2.05) is 11.3 Å². The number of rotatable bonds is 3. The third-order valence-corrected chi connectivity index (χ3v) is 8.26. The highest BCUT2D eigenvalue weighted by atomic mass is 32.1. The number of fused-ring (bicyclic) bond motifs is 4. The molecule has 2 aromatic heterocycles. The Morgan fingerprint density at radius 3 is 2.35 bits per heavy atom. The van der Waals surface area contributed by atoms with Gasteiger partial charge in [-0.2, -0.15) is 0 Å². The Morgan fingerprint density at radius 1 is 0.912 bits per heavy atom. The summed E-state index contributed by atoms with van der Waals surface area (Å²) in [6, 6.07) is 18.1. The van der Waals surface area contributed by atoms with E-state index in [4.69, 9.17) is 4.98 Å². The predicted molar refractivity (Wildman–Crippen MR) is 152 cm³/mol. The summed E-state index contributed by atoms with van der Waals surface area (Å²) in [6.07, 6.45) is 1.11. The average Bonchev–Trinajstić information content (AvgIpc) is 3.06. The van der Waals surface area contributed by atoms with Crippen LogP contribution in [0.3, 0.4) is 0 Å². The number of aryl methyl sites for hydroxylation is 3. The molecule has 0 fully saturated rings. The smallest absolute Gasteiger partial charge is 0.0888 e. The predicted octanol–water partition coefficient (Wildman–Crippen LogP) is 9.69. The summed E-state index contributed by atoms with van der Waals surface area (Å²) in [5.74, 6) is 0.630. The van der Waals surface area contributed by atoms with Crippen molar-refractivity contribution in [2.24, 2.45) is 5.92 Å². The van der Waals surface area contributed by atoms with E-state index in [1.54, 1.807) is 0 Å². The lowest BCUT2D eigenvalue weighted by atomic mass is 9.82. The largest absolute Gasteiger partial charge is 0.246 e. The van der Waals surface area contributed by atoms with Crippen molar-refractivity contribution >= 4 is 43.1 Å². The minimum Gasteiger partial charge on any atom is -0.246 e. The summed E-state index contributed by atoms with van der Waals surface area (Å²) < 4.78 is 1.34. The summed E-state index contributed by atoms with van der Waals surface area (Å²) in [7, 11) is 0. The third kappa shape index (κ3) is 3.82. The molecule has 0 aliphatic carbocycles. The second kappa shape index (κ2) is 8.20. The fourth-order valence-corrected chi connectivity index (χ4v) is 6.92. The highest BCUT2D eigenvalue weighted by Crippen LogP contribution is 2.44. The fraction of sp³-hybridized carbons (Fsp3) is 0.344. The van der Waals surface area contributed by atoms with Crippen molar-refractivity contribution in [2.45, 2.75) is 67.2 Å². The number of nitrogens with zero attached hydrogens (tertiary/aromatic N) is 1. The van der Waals surface area contributed by atoms with Crippen molar-refractivity contribution in [3.63, 3.8) is 0 Å². The van der Waals surface area contributed by atoms with Gasteiger partial charge in [-0.15, -0.1) is 11.3 Å². The molecular weight excluding hydrogens is 430 g/mol. The minimum atomic E-state index is 0.0485. The van der Waals surface area contributed by atoms with Gasteiger partial charge in [0.2, 0.25) is 0 Å². The van der Waals surface area contributed by atoms with Crippen molar-refractivity contribution < 1.29 is 0 Å². The van der Waals surface area contributed by atoms with E-state index in [2.05, 4.69) is 104 Å². The molecule has 0 saturated heterocycles. The van der Waals surface area contributed by atoms with Crippen molar-refractivity contribution in [3.05, 3.63) is 75.7 Å². The molecule has 0 unspecified atom stereocenters. The van der Waals surface area contributed by atoms with Gasteiger partial charge >= 0.3 is 0 Å². The molecule has 34 heavy (non-hydrogen) atoms. The van der Waals surface area contributed by atoms with Crippen LogP contribution in [0.25, 0.3) is 43.0 Å². The Bertz CT molecular complexity index is 1560. The molecule has 0 saturated carbocycles. The zero-order valence-corrected chi connectivity index (χ0v) is 22.6. The minimum absolute atomic E-state index is 0.0485. The van der Waals surface area contributed by atoms with Gasteiger partial charge in [0.1, 0.15) is 0 Å². The molecule has 174 valence electrons. The highest BCUT2D eigenvalue weighted by Gasteiger charge is 2.22. The molecule has 3 aromatic carbocycles. The van der Waals surface area contributed by atoms with Crippen LogP contribution in [-0.2, 0) is 11.8 Å². The van der Waals surface area contributed by atoms with E-state index in [9.17, 15) is 0 Å². The topological polar surface area (TPSA) is 12.9 Å². The van der Waals surface area contributed by atoms with Crippen LogP contribution >= 0.6 is 11.3 Å². The van der Waals surface area contributed by atoms with Crippen molar-refractivity contribution in [2.75, 3.05) is 0 Å². The lowest BCUT2D eigenvalue weighted by molar-refractivity contribution is 0.596. The standard InChI is InChI=1S/C32H35NS/c1-18(2)13-27-21(5)29-28-20(4)14-19(3)15-26(28)33-30(31(29)34-27)23-16-22-11-9-10-12-24(22)25(17-23)32(6,7)8/h9-12,14-18H,13H2,1-8H3. The summed E-state index contributed by atoms with van der Waals surface area (Å²) in [4.78, 5) is 6.87. The van der Waals surface area contributed by atoms with Gasteiger partial charge in [0, 0.05) is 21.2 Å². The van der Waals surface area contributed by atoms with Crippen LogP contribution in [0.2, 0.25) is 0 Å². The lowest BCUT2D eigenvalue weighted by Gasteiger charge is -2.23. The molecule has 0 N–H and O–H groups in total. The Labute approximate surface area is 207 Å². The SMILES string of the molecule is Cc1cc(C)c2c(c1)nc(-c1cc(C(C)(C)C)c3ccccc3c1)c1sc(CC(C)C)c(C)c12. The van der Waals surface area contributed by atoms with E-state index in [1.165, 1.54) is 58.9 Å². The van der Waals surface area contributed by atoms with Crippen molar-refractivity contribution in [1.82, 2.24) is 4.98 Å². The van der Waals surface area contributed by atoms with Crippen LogP contribution in [0.4, 0.5) is 0 Å². The van der Waals surface area contributed by atoms with Crippen molar-refractivity contribution in [3.8, 4) is 11.3 Å². The Balaban J connectivity index is 1.93. The summed E-state index contributed by atoms with van der Waals surface area (Å²) in [6.45, 7) is 18.3. The number of hydrogen-bond donors (Lipinski definition) is 0. The van der Waals surface area contributed by atoms with E-state index < -0.39 is 0 Å². The number of thiophene rings is 1. The number of aromatic nitrogens is 1. The maximum absolute atomic E-state index is 5.37. The van der Waals surface area contributed by atoms with Crippen LogP contribution in [0, 0.1) is 26.7 Å². The normalized spacial score (nSPS) is 12.5. The second-order valence-corrected chi connectivity index (χ2v) is 12.5. The van der Waals surface area contributed by atoms with Gasteiger partial charge in [-0.25, -0.2) is 4.98 Å². The molecule has 0 spiro atoms. The van der Waals surface area contributed by atoms with Gasteiger partial charge in [0.05, 0.1) is 15.9 Å². The maximum Gasteiger partial charge on any atom is 0.0888 e. The Kier molecular flexibility index (Phi) is 5.56. The van der Waals surface area contributed by atoms with Gasteiger partial charge in [-0.1, -0.05) is 65.0 Å². The molecule has 0 bridgehead atoms. The second-order valence-electron chi connectivity index (χ2n) is 11.4. The van der Waals surface area contributed by atoms with Gasteiger partial charge in [-0.3, -0.25) is 0 Å². The summed E-state index contributed by atoms with van der Waals surface area (Å²) in [5, 5.41) is 5.36. The molecule has 2 heteroatoms. The fourth-order valence-electron chi connectivity index (χ4n) is 5.39. The summed E-state index contributed by atoms with van der Waals surface area (Å²) in [5.41, 5.74) is 8.93. The quantitative estimate of drug-likeness (QED) is 0.258. The molecule has 0 aliphatic heterocycles. The molecular formula is C32H35NS. The monoisotopic (exact) mass is 465 g/mol. The first-order valence-corrected chi connectivity index (χ1v) is 13.2. The van der Waals surface area contributed by atoms with Crippen LogP contribution in [-0.4, -0.2) is 4.98 Å². The van der Waals surface area contributed by atoms with Crippen LogP contribution in [0.1, 0.15) is 61.7 Å². The van der Waals surface area contributed by atoms with E-state index >= 15 is 0 Å². The van der Waals surface area contributed by atoms with E-state index in [0.29, 0.717) is 5.92 Å². The molecule has 0 amide bonds. The van der Waals surface area contributed by atoms with Gasteiger partial charge < -0.3 is 0 Å². The first-order chi connectivity index (χ1) is 16.0. The van der Waals surface area contributed by atoms with Crippen LogP contribution < -0.4 is 0 Å². The van der Waals surface area contributed by atoms with Gasteiger partial charge in [0.25, 0.3) is 0 Å². The molecule has 0 aliphatic rings. The van der Waals surface area contributed by atoms with Crippen LogP contribution in [0.5, 0.6) is 0 Å². The Morgan fingerprint density at radius 2 is 1.65 bits per heavy atom. The third-order valence-electron chi connectivity index (χ3n) is 6.94. The zero-order valence-electron chi connectivity index (χ0n) is 21.8. The molecule has 5 aromatic rings.